The SMILES string of the molecule is CCCCC(C)NC(=O)C(N)Cc1ccccc1. The molecule has 3 nitrogen and oxygen atoms in total. The van der Waals surface area contributed by atoms with Gasteiger partial charge in [-0.15, -0.1) is 0 Å². The maximum atomic E-state index is 11.9. The van der Waals surface area contributed by atoms with Gasteiger partial charge in [-0.3, -0.25) is 4.79 Å². The predicted molar refractivity (Wildman–Crippen MR) is 75.3 cm³/mol. The number of carbonyl (C=O) groups is 1. The predicted octanol–water partition coefficient (Wildman–Crippen LogP) is 2.25. The van der Waals surface area contributed by atoms with Crippen LogP contribution in [0.2, 0.25) is 0 Å². The first-order valence-electron chi connectivity index (χ1n) is 6.73. The summed E-state index contributed by atoms with van der Waals surface area (Å²) in [5.74, 6) is -0.0533. The van der Waals surface area contributed by atoms with Gasteiger partial charge in [0.2, 0.25) is 5.91 Å². The molecular weight excluding hydrogens is 224 g/mol. The Balaban J connectivity index is 2.37. The van der Waals surface area contributed by atoms with Gasteiger partial charge in [-0.1, -0.05) is 50.1 Å². The second-order valence-electron chi connectivity index (χ2n) is 4.85. The zero-order valence-electron chi connectivity index (χ0n) is 11.4. The molecule has 0 bridgehead atoms. The van der Waals surface area contributed by atoms with Crippen molar-refractivity contribution in [1.82, 2.24) is 5.32 Å². The lowest BCUT2D eigenvalue weighted by atomic mass is 10.1. The van der Waals surface area contributed by atoms with Gasteiger partial charge in [0.15, 0.2) is 0 Å². The molecule has 0 saturated heterocycles. The minimum absolute atomic E-state index is 0.0533. The summed E-state index contributed by atoms with van der Waals surface area (Å²) in [5.41, 5.74) is 7.01. The van der Waals surface area contributed by atoms with Crippen LogP contribution in [0.5, 0.6) is 0 Å². The smallest absolute Gasteiger partial charge is 0.237 e. The maximum absolute atomic E-state index is 11.9. The highest BCUT2D eigenvalue weighted by Crippen LogP contribution is 2.03. The van der Waals surface area contributed by atoms with Crippen LogP contribution in [0.3, 0.4) is 0 Å². The minimum Gasteiger partial charge on any atom is -0.352 e. The van der Waals surface area contributed by atoms with Crippen molar-refractivity contribution in [1.29, 1.82) is 0 Å². The molecule has 1 aromatic rings. The van der Waals surface area contributed by atoms with Crippen molar-refractivity contribution in [2.45, 2.75) is 51.6 Å². The van der Waals surface area contributed by atoms with E-state index < -0.39 is 6.04 Å². The molecule has 0 aliphatic rings. The Labute approximate surface area is 110 Å². The van der Waals surface area contributed by atoms with Crippen LogP contribution in [0.25, 0.3) is 0 Å². The van der Waals surface area contributed by atoms with Gasteiger partial charge in [-0.2, -0.15) is 0 Å². The Bertz CT molecular complexity index is 351. The molecule has 0 aliphatic carbocycles. The average molecular weight is 248 g/mol. The van der Waals surface area contributed by atoms with Crippen LogP contribution in [-0.2, 0) is 11.2 Å². The van der Waals surface area contributed by atoms with Crippen LogP contribution in [0, 0.1) is 0 Å². The molecule has 2 unspecified atom stereocenters. The van der Waals surface area contributed by atoms with Gasteiger partial charge in [0.25, 0.3) is 0 Å². The Morgan fingerprint density at radius 2 is 2.00 bits per heavy atom. The van der Waals surface area contributed by atoms with Crippen LogP contribution in [-0.4, -0.2) is 18.0 Å². The zero-order chi connectivity index (χ0) is 13.4. The van der Waals surface area contributed by atoms with Crippen molar-refractivity contribution in [2.24, 2.45) is 5.73 Å². The molecule has 0 aromatic heterocycles. The molecule has 0 fully saturated rings. The summed E-state index contributed by atoms with van der Waals surface area (Å²) in [6, 6.07) is 9.62. The second kappa shape index (κ2) is 7.88. The Morgan fingerprint density at radius 3 is 2.61 bits per heavy atom. The van der Waals surface area contributed by atoms with E-state index in [-0.39, 0.29) is 11.9 Å². The first-order valence-corrected chi connectivity index (χ1v) is 6.73. The van der Waals surface area contributed by atoms with Gasteiger partial charge in [0.1, 0.15) is 0 Å². The number of hydrogen-bond acceptors (Lipinski definition) is 2. The molecule has 0 aliphatic heterocycles. The van der Waals surface area contributed by atoms with E-state index in [9.17, 15) is 4.79 Å². The molecule has 1 amide bonds. The number of hydrogen-bond donors (Lipinski definition) is 2. The third kappa shape index (κ3) is 5.32. The van der Waals surface area contributed by atoms with E-state index in [1.54, 1.807) is 0 Å². The summed E-state index contributed by atoms with van der Waals surface area (Å²) in [5, 5.41) is 2.97. The second-order valence-corrected chi connectivity index (χ2v) is 4.85. The highest BCUT2D eigenvalue weighted by atomic mass is 16.2. The zero-order valence-corrected chi connectivity index (χ0v) is 11.4. The summed E-state index contributed by atoms with van der Waals surface area (Å²) in [7, 11) is 0. The van der Waals surface area contributed by atoms with Crippen molar-refractivity contribution >= 4 is 5.91 Å². The highest BCUT2D eigenvalue weighted by molar-refractivity contribution is 5.82. The fourth-order valence-corrected chi connectivity index (χ4v) is 1.89. The molecule has 0 spiro atoms. The lowest BCUT2D eigenvalue weighted by Gasteiger charge is -2.17. The third-order valence-electron chi connectivity index (χ3n) is 3.01. The minimum atomic E-state index is -0.462. The van der Waals surface area contributed by atoms with Crippen molar-refractivity contribution in [3.63, 3.8) is 0 Å². The van der Waals surface area contributed by atoms with E-state index in [4.69, 9.17) is 5.73 Å². The Kier molecular flexibility index (Phi) is 6.44. The van der Waals surface area contributed by atoms with Gasteiger partial charge in [0, 0.05) is 6.04 Å². The number of nitrogens with two attached hydrogens (primary N) is 1. The number of carbonyl (C=O) groups excluding carboxylic acids is 1. The van der Waals surface area contributed by atoms with E-state index in [1.165, 1.54) is 0 Å². The number of amides is 1. The first kappa shape index (κ1) is 14.7. The molecule has 0 saturated carbocycles. The van der Waals surface area contributed by atoms with Crippen molar-refractivity contribution < 1.29 is 4.79 Å². The molecule has 3 heteroatoms. The summed E-state index contributed by atoms with van der Waals surface area (Å²) >= 11 is 0. The van der Waals surface area contributed by atoms with Crippen LogP contribution in [0.1, 0.15) is 38.7 Å². The summed E-state index contributed by atoms with van der Waals surface area (Å²) < 4.78 is 0. The molecule has 0 heterocycles. The van der Waals surface area contributed by atoms with Gasteiger partial charge in [-0.05, 0) is 25.3 Å². The molecule has 3 N–H and O–H groups in total. The number of benzene rings is 1. The van der Waals surface area contributed by atoms with Crippen molar-refractivity contribution in [2.75, 3.05) is 0 Å². The lowest BCUT2D eigenvalue weighted by Crippen LogP contribution is -2.45. The summed E-state index contributed by atoms with van der Waals surface area (Å²) in [6.45, 7) is 4.18. The molecule has 100 valence electrons. The van der Waals surface area contributed by atoms with Crippen LogP contribution < -0.4 is 11.1 Å². The monoisotopic (exact) mass is 248 g/mol. The molecule has 1 rings (SSSR count). The maximum Gasteiger partial charge on any atom is 0.237 e. The Hall–Kier alpha value is -1.35. The van der Waals surface area contributed by atoms with E-state index in [1.807, 2.05) is 37.3 Å². The molecule has 1 aromatic carbocycles. The van der Waals surface area contributed by atoms with Gasteiger partial charge < -0.3 is 11.1 Å². The van der Waals surface area contributed by atoms with Crippen molar-refractivity contribution in [3.05, 3.63) is 35.9 Å². The summed E-state index contributed by atoms with van der Waals surface area (Å²) in [4.78, 5) is 11.9. The first-order chi connectivity index (χ1) is 8.63. The van der Waals surface area contributed by atoms with Crippen LogP contribution >= 0.6 is 0 Å². The average Bonchev–Trinajstić information content (AvgIpc) is 2.37. The fourth-order valence-electron chi connectivity index (χ4n) is 1.89. The van der Waals surface area contributed by atoms with E-state index in [0.717, 1.165) is 24.8 Å². The van der Waals surface area contributed by atoms with E-state index in [2.05, 4.69) is 12.2 Å². The largest absolute Gasteiger partial charge is 0.352 e. The van der Waals surface area contributed by atoms with E-state index >= 15 is 0 Å². The van der Waals surface area contributed by atoms with Crippen LogP contribution in [0.15, 0.2) is 30.3 Å². The third-order valence-corrected chi connectivity index (χ3v) is 3.01. The van der Waals surface area contributed by atoms with Crippen LogP contribution in [0.4, 0.5) is 0 Å². The fraction of sp³-hybridized carbons (Fsp3) is 0.533. The van der Waals surface area contributed by atoms with Gasteiger partial charge in [-0.25, -0.2) is 0 Å². The molecular formula is C15H24N2O. The highest BCUT2D eigenvalue weighted by Gasteiger charge is 2.15. The number of rotatable bonds is 7. The topological polar surface area (TPSA) is 55.1 Å². The molecule has 18 heavy (non-hydrogen) atoms. The molecule has 2 atom stereocenters. The van der Waals surface area contributed by atoms with Gasteiger partial charge in [0.05, 0.1) is 6.04 Å². The van der Waals surface area contributed by atoms with Gasteiger partial charge >= 0.3 is 0 Å². The quantitative estimate of drug-likeness (QED) is 0.777. The summed E-state index contributed by atoms with van der Waals surface area (Å²) in [6.07, 6.45) is 3.89. The van der Waals surface area contributed by atoms with E-state index in [0.29, 0.717) is 6.42 Å². The standard InChI is InChI=1S/C15H24N2O/c1-3-4-8-12(2)17-15(18)14(16)11-13-9-6-5-7-10-13/h5-7,9-10,12,14H,3-4,8,11,16H2,1-2H3,(H,17,18). The number of nitrogens with one attached hydrogen (secondary N) is 1. The Morgan fingerprint density at radius 1 is 1.33 bits per heavy atom. The van der Waals surface area contributed by atoms with Crippen molar-refractivity contribution in [3.8, 4) is 0 Å². The number of unbranched alkanes of at least 4 members (excludes halogenated alkanes) is 1. The molecule has 0 radical (unpaired) electrons. The lowest BCUT2D eigenvalue weighted by molar-refractivity contribution is -0.123. The normalized spacial score (nSPS) is 13.9.